The SMILES string of the molecule is Cc1cncc(Cc2nn[nH]n2)c1. The summed E-state index contributed by atoms with van der Waals surface area (Å²) < 4.78 is 0. The van der Waals surface area contributed by atoms with Crippen molar-refractivity contribution in [2.24, 2.45) is 0 Å². The molecule has 2 aromatic rings. The Morgan fingerprint density at radius 3 is 3.00 bits per heavy atom. The molecule has 2 heterocycles. The Balaban J connectivity index is 2.19. The minimum atomic E-state index is 0.672. The molecule has 0 saturated carbocycles. The molecule has 66 valence electrons. The van der Waals surface area contributed by atoms with E-state index in [0.29, 0.717) is 12.2 Å². The molecule has 0 fully saturated rings. The van der Waals surface area contributed by atoms with Gasteiger partial charge in [0.15, 0.2) is 5.82 Å². The minimum Gasteiger partial charge on any atom is -0.264 e. The molecule has 0 aliphatic heterocycles. The van der Waals surface area contributed by atoms with Crippen molar-refractivity contribution < 1.29 is 0 Å². The summed E-state index contributed by atoms with van der Waals surface area (Å²) in [6.07, 6.45) is 4.30. The van der Waals surface area contributed by atoms with Gasteiger partial charge < -0.3 is 0 Å². The van der Waals surface area contributed by atoms with Crippen LogP contribution in [-0.4, -0.2) is 25.6 Å². The summed E-state index contributed by atoms with van der Waals surface area (Å²) in [5.74, 6) is 0.687. The fraction of sp³-hybridized carbons (Fsp3) is 0.250. The first-order valence-electron chi connectivity index (χ1n) is 3.97. The minimum absolute atomic E-state index is 0.672. The van der Waals surface area contributed by atoms with Crippen molar-refractivity contribution in [3.05, 3.63) is 35.4 Å². The first-order chi connectivity index (χ1) is 6.34. The summed E-state index contributed by atoms with van der Waals surface area (Å²) in [4.78, 5) is 4.08. The van der Waals surface area contributed by atoms with Gasteiger partial charge in [0.05, 0.1) is 0 Å². The quantitative estimate of drug-likeness (QED) is 0.721. The molecule has 5 nitrogen and oxygen atoms in total. The van der Waals surface area contributed by atoms with Crippen LogP contribution < -0.4 is 0 Å². The normalized spacial score (nSPS) is 10.2. The lowest BCUT2D eigenvalue weighted by molar-refractivity contribution is 0.881. The highest BCUT2D eigenvalue weighted by Crippen LogP contribution is 2.04. The maximum Gasteiger partial charge on any atom is 0.178 e. The first kappa shape index (κ1) is 7.85. The Labute approximate surface area is 75.2 Å². The Morgan fingerprint density at radius 1 is 1.38 bits per heavy atom. The number of H-pyrrole nitrogens is 1. The molecule has 0 spiro atoms. The zero-order valence-electron chi connectivity index (χ0n) is 7.23. The van der Waals surface area contributed by atoms with Gasteiger partial charge in [-0.15, -0.1) is 10.2 Å². The lowest BCUT2D eigenvalue weighted by Crippen LogP contribution is -1.92. The molecule has 0 aromatic carbocycles. The summed E-state index contributed by atoms with van der Waals surface area (Å²) in [5.41, 5.74) is 2.24. The molecule has 0 bridgehead atoms. The van der Waals surface area contributed by atoms with Crippen molar-refractivity contribution in [3.63, 3.8) is 0 Å². The number of tetrazole rings is 1. The molecule has 1 N–H and O–H groups in total. The van der Waals surface area contributed by atoms with Crippen molar-refractivity contribution >= 4 is 0 Å². The first-order valence-corrected chi connectivity index (χ1v) is 3.97. The van der Waals surface area contributed by atoms with Gasteiger partial charge in [0.25, 0.3) is 0 Å². The summed E-state index contributed by atoms with van der Waals surface area (Å²) in [6, 6.07) is 2.06. The number of rotatable bonds is 2. The number of hydrogen-bond donors (Lipinski definition) is 1. The predicted molar refractivity (Wildman–Crippen MR) is 46.0 cm³/mol. The highest BCUT2D eigenvalue weighted by atomic mass is 15.5. The number of hydrogen-bond acceptors (Lipinski definition) is 4. The van der Waals surface area contributed by atoms with E-state index in [0.717, 1.165) is 11.1 Å². The van der Waals surface area contributed by atoms with Crippen LogP contribution in [0.3, 0.4) is 0 Å². The van der Waals surface area contributed by atoms with Crippen LogP contribution in [0.4, 0.5) is 0 Å². The van der Waals surface area contributed by atoms with E-state index < -0.39 is 0 Å². The smallest absolute Gasteiger partial charge is 0.178 e. The molecule has 13 heavy (non-hydrogen) atoms. The predicted octanol–water partition coefficient (Wildman–Crippen LogP) is 0.494. The van der Waals surface area contributed by atoms with E-state index >= 15 is 0 Å². The molecule has 2 rings (SSSR count). The number of aromatic nitrogens is 5. The third kappa shape index (κ3) is 1.87. The van der Waals surface area contributed by atoms with Gasteiger partial charge in [0.2, 0.25) is 0 Å². The van der Waals surface area contributed by atoms with E-state index in [1.54, 1.807) is 0 Å². The Kier molecular flexibility index (Phi) is 1.99. The summed E-state index contributed by atoms with van der Waals surface area (Å²) >= 11 is 0. The van der Waals surface area contributed by atoms with Gasteiger partial charge in [-0.1, -0.05) is 11.3 Å². The molecule has 0 aliphatic rings. The Hall–Kier alpha value is -1.78. The van der Waals surface area contributed by atoms with Crippen molar-refractivity contribution in [2.45, 2.75) is 13.3 Å². The maximum atomic E-state index is 4.08. The molecule has 0 amide bonds. The lowest BCUT2D eigenvalue weighted by Gasteiger charge is -1.96. The highest BCUT2D eigenvalue weighted by Gasteiger charge is 2.00. The molecular weight excluding hydrogens is 166 g/mol. The molecule has 0 saturated heterocycles. The molecule has 5 heteroatoms. The number of pyridine rings is 1. The van der Waals surface area contributed by atoms with E-state index in [9.17, 15) is 0 Å². The van der Waals surface area contributed by atoms with Gasteiger partial charge in [-0.3, -0.25) is 4.98 Å². The van der Waals surface area contributed by atoms with Crippen LogP contribution >= 0.6 is 0 Å². The molecule has 0 aliphatic carbocycles. The largest absolute Gasteiger partial charge is 0.264 e. The summed E-state index contributed by atoms with van der Waals surface area (Å²) in [6.45, 7) is 2.01. The van der Waals surface area contributed by atoms with Crippen molar-refractivity contribution in [2.75, 3.05) is 0 Å². The van der Waals surface area contributed by atoms with Gasteiger partial charge >= 0.3 is 0 Å². The van der Waals surface area contributed by atoms with Crippen LogP contribution in [0.1, 0.15) is 17.0 Å². The van der Waals surface area contributed by atoms with Crippen LogP contribution in [0.2, 0.25) is 0 Å². The molecule has 0 unspecified atom stereocenters. The second kappa shape index (κ2) is 3.30. The van der Waals surface area contributed by atoms with Gasteiger partial charge in [-0.05, 0) is 18.1 Å². The van der Waals surface area contributed by atoms with Crippen molar-refractivity contribution in [1.29, 1.82) is 0 Å². The Morgan fingerprint density at radius 2 is 2.31 bits per heavy atom. The number of aryl methyl sites for hydroxylation is 1. The maximum absolute atomic E-state index is 4.08. The number of nitrogens with zero attached hydrogens (tertiary/aromatic N) is 4. The molecular formula is C8H9N5. The van der Waals surface area contributed by atoms with Crippen LogP contribution in [-0.2, 0) is 6.42 Å². The molecule has 0 atom stereocenters. The average molecular weight is 175 g/mol. The van der Waals surface area contributed by atoms with Crippen LogP contribution in [0.15, 0.2) is 18.5 Å². The zero-order valence-corrected chi connectivity index (χ0v) is 7.23. The fourth-order valence-electron chi connectivity index (χ4n) is 1.15. The molecule has 2 aromatic heterocycles. The van der Waals surface area contributed by atoms with E-state index in [2.05, 4.69) is 31.7 Å². The van der Waals surface area contributed by atoms with E-state index in [4.69, 9.17) is 0 Å². The van der Waals surface area contributed by atoms with Gasteiger partial charge in [-0.2, -0.15) is 5.21 Å². The summed E-state index contributed by atoms with van der Waals surface area (Å²) in [5, 5.41) is 13.6. The standard InChI is InChI=1S/C8H9N5/c1-6-2-7(5-9-4-6)3-8-10-12-13-11-8/h2,4-5H,3H2,1H3,(H,10,11,12,13). The zero-order chi connectivity index (χ0) is 9.10. The average Bonchev–Trinajstić information content (AvgIpc) is 2.57. The fourth-order valence-corrected chi connectivity index (χ4v) is 1.15. The van der Waals surface area contributed by atoms with Gasteiger partial charge in [-0.25, -0.2) is 0 Å². The Bertz CT molecular complexity index is 381. The number of aromatic amines is 1. The van der Waals surface area contributed by atoms with Crippen LogP contribution in [0.25, 0.3) is 0 Å². The van der Waals surface area contributed by atoms with Crippen LogP contribution in [0, 0.1) is 6.92 Å². The van der Waals surface area contributed by atoms with Crippen molar-refractivity contribution in [1.82, 2.24) is 25.6 Å². The van der Waals surface area contributed by atoms with E-state index in [1.165, 1.54) is 0 Å². The van der Waals surface area contributed by atoms with Crippen LogP contribution in [0.5, 0.6) is 0 Å². The topological polar surface area (TPSA) is 67.3 Å². The van der Waals surface area contributed by atoms with E-state index in [-0.39, 0.29) is 0 Å². The van der Waals surface area contributed by atoms with Gasteiger partial charge in [0.1, 0.15) is 0 Å². The van der Waals surface area contributed by atoms with E-state index in [1.807, 2.05) is 19.3 Å². The third-order valence-corrected chi connectivity index (χ3v) is 1.68. The van der Waals surface area contributed by atoms with Crippen molar-refractivity contribution in [3.8, 4) is 0 Å². The second-order valence-electron chi connectivity index (χ2n) is 2.88. The third-order valence-electron chi connectivity index (χ3n) is 1.68. The lowest BCUT2D eigenvalue weighted by atomic mass is 10.1. The molecule has 0 radical (unpaired) electrons. The number of nitrogens with one attached hydrogen (secondary N) is 1. The second-order valence-corrected chi connectivity index (χ2v) is 2.88. The summed E-state index contributed by atoms with van der Waals surface area (Å²) in [7, 11) is 0. The monoisotopic (exact) mass is 175 g/mol. The highest BCUT2D eigenvalue weighted by molar-refractivity contribution is 5.19. The van der Waals surface area contributed by atoms with Gasteiger partial charge in [0, 0.05) is 18.8 Å².